The van der Waals surface area contributed by atoms with Crippen molar-refractivity contribution in [3.05, 3.63) is 0 Å². The van der Waals surface area contributed by atoms with Crippen LogP contribution in [0.15, 0.2) is 0 Å². The Labute approximate surface area is 147 Å². The lowest BCUT2D eigenvalue weighted by molar-refractivity contribution is -0.125. The van der Waals surface area contributed by atoms with Crippen molar-refractivity contribution in [2.45, 2.75) is 70.3 Å². The lowest BCUT2D eigenvalue weighted by Gasteiger charge is -2.14. The monoisotopic (exact) mass is 340 g/mol. The van der Waals surface area contributed by atoms with Gasteiger partial charge in [-0.1, -0.05) is 38.5 Å². The van der Waals surface area contributed by atoms with Gasteiger partial charge in [0.15, 0.2) is 0 Å². The molecule has 0 aromatic carbocycles. The van der Waals surface area contributed by atoms with E-state index in [-0.39, 0.29) is 11.8 Å². The Morgan fingerprint density at radius 1 is 0.750 bits per heavy atom. The van der Waals surface area contributed by atoms with Crippen molar-refractivity contribution in [1.82, 2.24) is 10.6 Å². The SMILES string of the molecule is O=C(NCCOCCOCCNC1CCCC1)C1CCCCCC1. The number of carbonyl (C=O) groups is 1. The van der Waals surface area contributed by atoms with Crippen molar-refractivity contribution >= 4 is 5.91 Å². The highest BCUT2D eigenvalue weighted by Crippen LogP contribution is 2.22. The summed E-state index contributed by atoms with van der Waals surface area (Å²) in [6.07, 6.45) is 12.4. The van der Waals surface area contributed by atoms with Gasteiger partial charge in [0.05, 0.1) is 26.4 Å². The maximum Gasteiger partial charge on any atom is 0.223 e. The van der Waals surface area contributed by atoms with E-state index in [1.54, 1.807) is 0 Å². The van der Waals surface area contributed by atoms with Crippen molar-refractivity contribution in [1.29, 1.82) is 0 Å². The minimum absolute atomic E-state index is 0.217. The third kappa shape index (κ3) is 8.45. The van der Waals surface area contributed by atoms with Crippen molar-refractivity contribution < 1.29 is 14.3 Å². The summed E-state index contributed by atoms with van der Waals surface area (Å²) in [5.74, 6) is 0.443. The average molecular weight is 341 g/mol. The molecule has 5 nitrogen and oxygen atoms in total. The fraction of sp³-hybridized carbons (Fsp3) is 0.947. The van der Waals surface area contributed by atoms with Gasteiger partial charge < -0.3 is 20.1 Å². The van der Waals surface area contributed by atoms with E-state index in [1.807, 2.05) is 0 Å². The topological polar surface area (TPSA) is 59.6 Å². The van der Waals surface area contributed by atoms with E-state index in [2.05, 4.69) is 10.6 Å². The molecule has 2 N–H and O–H groups in total. The van der Waals surface area contributed by atoms with Crippen LogP contribution in [0, 0.1) is 5.92 Å². The second-order valence-electron chi connectivity index (χ2n) is 7.14. The summed E-state index contributed by atoms with van der Waals surface area (Å²) in [7, 11) is 0. The van der Waals surface area contributed by atoms with Gasteiger partial charge in [-0.3, -0.25) is 4.79 Å². The van der Waals surface area contributed by atoms with Crippen LogP contribution in [0.1, 0.15) is 64.2 Å². The first kappa shape index (κ1) is 19.7. The van der Waals surface area contributed by atoms with Gasteiger partial charge in [0.2, 0.25) is 5.91 Å². The molecule has 0 heterocycles. The minimum Gasteiger partial charge on any atom is -0.378 e. The molecule has 2 aliphatic rings. The Bertz CT molecular complexity index is 325. The van der Waals surface area contributed by atoms with Gasteiger partial charge in [-0.25, -0.2) is 0 Å². The van der Waals surface area contributed by atoms with Crippen LogP contribution in [0.25, 0.3) is 0 Å². The normalized spacial score (nSPS) is 20.2. The van der Waals surface area contributed by atoms with E-state index in [0.717, 1.165) is 26.0 Å². The van der Waals surface area contributed by atoms with Gasteiger partial charge in [-0.15, -0.1) is 0 Å². The number of nitrogens with one attached hydrogen (secondary N) is 2. The Hall–Kier alpha value is -0.650. The summed E-state index contributed by atoms with van der Waals surface area (Å²) in [5.41, 5.74) is 0. The highest BCUT2D eigenvalue weighted by atomic mass is 16.5. The molecule has 2 aliphatic carbocycles. The minimum atomic E-state index is 0.217. The van der Waals surface area contributed by atoms with Crippen LogP contribution in [0.2, 0.25) is 0 Å². The van der Waals surface area contributed by atoms with E-state index in [9.17, 15) is 4.79 Å². The van der Waals surface area contributed by atoms with Crippen molar-refractivity contribution in [2.24, 2.45) is 5.92 Å². The van der Waals surface area contributed by atoms with E-state index in [4.69, 9.17) is 9.47 Å². The van der Waals surface area contributed by atoms with Crippen LogP contribution in [-0.4, -0.2) is 51.5 Å². The Balaban J connectivity index is 1.34. The Morgan fingerprint density at radius 3 is 2.00 bits per heavy atom. The number of hydrogen-bond donors (Lipinski definition) is 2. The fourth-order valence-electron chi connectivity index (χ4n) is 3.72. The molecule has 24 heavy (non-hydrogen) atoms. The zero-order chi connectivity index (χ0) is 16.9. The first-order valence-corrected chi connectivity index (χ1v) is 10.0. The van der Waals surface area contributed by atoms with Gasteiger partial charge in [0, 0.05) is 25.0 Å². The lowest BCUT2D eigenvalue weighted by atomic mass is 10.00. The molecule has 0 unspecified atom stereocenters. The summed E-state index contributed by atoms with van der Waals surface area (Å²) >= 11 is 0. The molecule has 1 amide bonds. The highest BCUT2D eigenvalue weighted by molar-refractivity contribution is 5.78. The van der Waals surface area contributed by atoms with Crippen molar-refractivity contribution in [3.8, 4) is 0 Å². The lowest BCUT2D eigenvalue weighted by Crippen LogP contribution is -2.33. The smallest absolute Gasteiger partial charge is 0.223 e. The zero-order valence-corrected chi connectivity index (χ0v) is 15.2. The maximum atomic E-state index is 12.1. The van der Waals surface area contributed by atoms with Crippen LogP contribution in [0.5, 0.6) is 0 Å². The summed E-state index contributed by atoms with van der Waals surface area (Å²) in [5, 5.41) is 6.54. The third-order valence-corrected chi connectivity index (χ3v) is 5.18. The van der Waals surface area contributed by atoms with Crippen LogP contribution in [0.3, 0.4) is 0 Å². The van der Waals surface area contributed by atoms with Crippen LogP contribution >= 0.6 is 0 Å². The van der Waals surface area contributed by atoms with Gasteiger partial charge in [-0.2, -0.15) is 0 Å². The molecule has 140 valence electrons. The summed E-state index contributed by atoms with van der Waals surface area (Å²) < 4.78 is 11.1. The summed E-state index contributed by atoms with van der Waals surface area (Å²) in [4.78, 5) is 12.1. The van der Waals surface area contributed by atoms with Gasteiger partial charge >= 0.3 is 0 Å². The summed E-state index contributed by atoms with van der Waals surface area (Å²) in [6, 6.07) is 0.710. The second-order valence-corrected chi connectivity index (χ2v) is 7.14. The van der Waals surface area contributed by atoms with Gasteiger partial charge in [0.25, 0.3) is 0 Å². The molecule has 0 radical (unpaired) electrons. The Kier molecular flexibility index (Phi) is 10.4. The van der Waals surface area contributed by atoms with E-state index < -0.39 is 0 Å². The highest BCUT2D eigenvalue weighted by Gasteiger charge is 2.19. The summed E-state index contributed by atoms with van der Waals surface area (Å²) in [6.45, 7) is 4.09. The van der Waals surface area contributed by atoms with Gasteiger partial charge in [0.1, 0.15) is 0 Å². The van der Waals surface area contributed by atoms with E-state index in [1.165, 1.54) is 51.4 Å². The molecule has 0 aromatic heterocycles. The van der Waals surface area contributed by atoms with Crippen LogP contribution in [0.4, 0.5) is 0 Å². The van der Waals surface area contributed by atoms with Gasteiger partial charge in [-0.05, 0) is 25.7 Å². The molecule has 0 bridgehead atoms. The fourth-order valence-corrected chi connectivity index (χ4v) is 3.72. The molecular formula is C19H36N2O3. The van der Waals surface area contributed by atoms with E-state index in [0.29, 0.717) is 32.4 Å². The predicted octanol–water partition coefficient (Wildman–Crippen LogP) is 2.64. The molecule has 0 saturated heterocycles. The number of rotatable bonds is 11. The molecule has 0 aliphatic heterocycles. The first-order valence-electron chi connectivity index (χ1n) is 10.0. The molecule has 5 heteroatoms. The third-order valence-electron chi connectivity index (χ3n) is 5.18. The van der Waals surface area contributed by atoms with E-state index >= 15 is 0 Å². The molecule has 0 aromatic rings. The largest absolute Gasteiger partial charge is 0.378 e. The number of hydrogen-bond acceptors (Lipinski definition) is 4. The average Bonchev–Trinajstić information content (AvgIpc) is 2.96. The second kappa shape index (κ2) is 12.7. The van der Waals surface area contributed by atoms with Crippen molar-refractivity contribution in [3.63, 3.8) is 0 Å². The first-order chi connectivity index (χ1) is 11.9. The molecule has 2 rings (SSSR count). The maximum absolute atomic E-state index is 12.1. The number of carbonyl (C=O) groups excluding carboxylic acids is 1. The number of ether oxygens (including phenoxy) is 2. The van der Waals surface area contributed by atoms with Crippen LogP contribution in [-0.2, 0) is 14.3 Å². The standard InChI is InChI=1S/C19H36N2O3/c22-19(17-7-3-1-2-4-8-17)21-12-14-24-16-15-23-13-11-20-18-9-5-6-10-18/h17-18,20H,1-16H2,(H,21,22). The molecule has 0 spiro atoms. The Morgan fingerprint density at radius 2 is 1.33 bits per heavy atom. The molecule has 2 fully saturated rings. The predicted molar refractivity (Wildman–Crippen MR) is 96.1 cm³/mol. The molecule has 0 atom stereocenters. The quantitative estimate of drug-likeness (QED) is 0.448. The zero-order valence-electron chi connectivity index (χ0n) is 15.2. The van der Waals surface area contributed by atoms with Crippen molar-refractivity contribution in [2.75, 3.05) is 39.5 Å². The van der Waals surface area contributed by atoms with Crippen LogP contribution < -0.4 is 10.6 Å². The molecular weight excluding hydrogens is 304 g/mol. The number of amides is 1. The molecule has 2 saturated carbocycles.